The topological polar surface area (TPSA) is 44.8 Å². The van der Waals surface area contributed by atoms with Gasteiger partial charge in [-0.25, -0.2) is 4.79 Å². The molecule has 0 radical (unpaired) electrons. The second-order valence-electron chi connectivity index (χ2n) is 4.08. The molecular weight excluding hydrogens is 222 g/mol. The van der Waals surface area contributed by atoms with E-state index in [1.54, 1.807) is 13.8 Å². The number of ether oxygens (including phenoxy) is 3. The number of hydrogen-bond donors (Lipinski definition) is 0. The molecule has 0 aromatic heterocycles. The number of hydrogen-bond acceptors (Lipinski definition) is 4. The van der Waals surface area contributed by atoms with Crippen molar-refractivity contribution in [3.63, 3.8) is 0 Å². The summed E-state index contributed by atoms with van der Waals surface area (Å²) in [7, 11) is 0. The Hall–Kier alpha value is -0.750. The normalized spacial score (nSPS) is 24.4. The van der Waals surface area contributed by atoms with E-state index in [2.05, 4.69) is 4.74 Å². The third kappa shape index (κ3) is 3.38. The van der Waals surface area contributed by atoms with E-state index in [9.17, 15) is 13.6 Å². The summed E-state index contributed by atoms with van der Waals surface area (Å²) in [5.41, 5.74) is 0. The van der Waals surface area contributed by atoms with E-state index in [0.29, 0.717) is 0 Å². The fraction of sp³-hybridized carbons (Fsp3) is 0.900. The zero-order chi connectivity index (χ0) is 12.4. The quantitative estimate of drug-likeness (QED) is 0.700. The van der Waals surface area contributed by atoms with Gasteiger partial charge in [0.15, 0.2) is 5.79 Å². The largest absolute Gasteiger partial charge is 0.462 e. The molecule has 0 aliphatic carbocycles. The minimum atomic E-state index is -3.52. The molecule has 1 aliphatic rings. The van der Waals surface area contributed by atoms with Crippen molar-refractivity contribution in [2.75, 3.05) is 13.2 Å². The molecule has 0 aromatic rings. The summed E-state index contributed by atoms with van der Waals surface area (Å²) in [6.45, 7) is 4.74. The van der Waals surface area contributed by atoms with Crippen molar-refractivity contribution in [2.24, 2.45) is 0 Å². The van der Waals surface area contributed by atoms with Crippen LogP contribution in [-0.2, 0) is 19.0 Å². The monoisotopic (exact) mass is 238 g/mol. The lowest BCUT2D eigenvalue weighted by Gasteiger charge is -2.20. The van der Waals surface area contributed by atoms with Gasteiger partial charge in [-0.2, -0.15) is 8.78 Å². The summed E-state index contributed by atoms with van der Waals surface area (Å²) in [4.78, 5) is 10.9. The highest BCUT2D eigenvalue weighted by Crippen LogP contribution is 2.30. The van der Waals surface area contributed by atoms with Crippen LogP contribution in [0.15, 0.2) is 0 Å². The average Bonchev–Trinajstić information content (AvgIpc) is 2.45. The molecule has 1 heterocycles. The Morgan fingerprint density at radius 2 is 2.19 bits per heavy atom. The zero-order valence-corrected chi connectivity index (χ0v) is 9.59. The standard InChI is InChI=1S/C10H16F2O4/c1-4-14-8(13)10(11,12)5-7-6-15-9(2,3)16-7/h7H,4-6H2,1-3H3. The fourth-order valence-corrected chi connectivity index (χ4v) is 1.47. The van der Waals surface area contributed by atoms with Gasteiger partial charge in [0.1, 0.15) is 0 Å². The molecule has 1 rings (SSSR count). The van der Waals surface area contributed by atoms with Gasteiger partial charge >= 0.3 is 11.9 Å². The molecule has 0 spiro atoms. The summed E-state index contributed by atoms with van der Waals surface area (Å²) in [5, 5.41) is 0. The summed E-state index contributed by atoms with van der Waals surface area (Å²) in [6, 6.07) is 0. The van der Waals surface area contributed by atoms with Crippen molar-refractivity contribution in [1.29, 1.82) is 0 Å². The van der Waals surface area contributed by atoms with Gasteiger partial charge in [0.05, 0.1) is 25.7 Å². The van der Waals surface area contributed by atoms with Gasteiger partial charge in [0.2, 0.25) is 0 Å². The maximum atomic E-state index is 13.3. The van der Waals surface area contributed by atoms with E-state index >= 15 is 0 Å². The lowest BCUT2D eigenvalue weighted by molar-refractivity contribution is -0.180. The van der Waals surface area contributed by atoms with E-state index in [1.165, 1.54) is 6.92 Å². The van der Waals surface area contributed by atoms with Crippen LogP contribution in [-0.4, -0.2) is 37.0 Å². The van der Waals surface area contributed by atoms with Crippen LogP contribution in [0, 0.1) is 0 Å². The van der Waals surface area contributed by atoms with Gasteiger partial charge in [-0.1, -0.05) is 0 Å². The van der Waals surface area contributed by atoms with Crippen molar-refractivity contribution in [3.05, 3.63) is 0 Å². The zero-order valence-electron chi connectivity index (χ0n) is 9.59. The maximum Gasteiger partial charge on any atom is 0.377 e. The first kappa shape index (κ1) is 13.3. The molecule has 0 N–H and O–H groups in total. The SMILES string of the molecule is CCOC(=O)C(F)(F)CC1COC(C)(C)O1. The van der Waals surface area contributed by atoms with Crippen LogP contribution in [0.25, 0.3) is 0 Å². The van der Waals surface area contributed by atoms with Gasteiger partial charge in [-0.3, -0.25) is 0 Å². The van der Waals surface area contributed by atoms with E-state index < -0.39 is 30.2 Å². The molecule has 6 heteroatoms. The summed E-state index contributed by atoms with van der Waals surface area (Å²) in [6.07, 6.45) is -1.50. The Kier molecular flexibility index (Phi) is 3.85. The Morgan fingerprint density at radius 3 is 2.62 bits per heavy atom. The Labute approximate surface area is 92.9 Å². The van der Waals surface area contributed by atoms with Crippen LogP contribution in [0.3, 0.4) is 0 Å². The molecule has 4 nitrogen and oxygen atoms in total. The van der Waals surface area contributed by atoms with E-state index in [-0.39, 0.29) is 13.2 Å². The summed E-state index contributed by atoms with van der Waals surface area (Å²) in [5.74, 6) is -5.90. The maximum absolute atomic E-state index is 13.3. The van der Waals surface area contributed by atoms with Crippen LogP contribution < -0.4 is 0 Å². The molecule has 1 atom stereocenters. The van der Waals surface area contributed by atoms with Crippen molar-refractivity contribution in [3.8, 4) is 0 Å². The number of alkyl halides is 2. The number of halogens is 2. The van der Waals surface area contributed by atoms with Crippen LogP contribution in [0.4, 0.5) is 8.78 Å². The Balaban J connectivity index is 2.50. The molecule has 1 unspecified atom stereocenters. The summed E-state index contributed by atoms with van der Waals surface area (Å²) < 4.78 is 41.2. The minimum absolute atomic E-state index is 0.0575. The molecule has 0 amide bonds. The van der Waals surface area contributed by atoms with Gasteiger partial charge < -0.3 is 14.2 Å². The molecule has 1 aliphatic heterocycles. The third-order valence-corrected chi connectivity index (χ3v) is 2.13. The second-order valence-corrected chi connectivity index (χ2v) is 4.08. The number of rotatable bonds is 4. The number of esters is 1. The van der Waals surface area contributed by atoms with Crippen LogP contribution in [0.2, 0.25) is 0 Å². The van der Waals surface area contributed by atoms with E-state index in [4.69, 9.17) is 9.47 Å². The first-order valence-electron chi connectivity index (χ1n) is 5.13. The molecular formula is C10H16F2O4. The molecule has 94 valence electrons. The molecule has 1 fully saturated rings. The predicted molar refractivity (Wildman–Crippen MR) is 51.1 cm³/mol. The van der Waals surface area contributed by atoms with Gasteiger partial charge in [0, 0.05) is 0 Å². The first-order valence-corrected chi connectivity index (χ1v) is 5.13. The fourth-order valence-electron chi connectivity index (χ4n) is 1.47. The highest BCUT2D eigenvalue weighted by Gasteiger charge is 2.46. The molecule has 0 aromatic carbocycles. The Morgan fingerprint density at radius 1 is 1.56 bits per heavy atom. The van der Waals surface area contributed by atoms with Crippen LogP contribution >= 0.6 is 0 Å². The molecule has 0 bridgehead atoms. The lowest BCUT2D eigenvalue weighted by Crippen LogP contribution is -2.36. The number of carbonyl (C=O) groups is 1. The molecule has 1 saturated heterocycles. The number of carbonyl (C=O) groups excluding carboxylic acids is 1. The Bertz CT molecular complexity index is 266. The van der Waals surface area contributed by atoms with Crippen molar-refractivity contribution in [2.45, 2.75) is 45.0 Å². The van der Waals surface area contributed by atoms with Crippen molar-refractivity contribution < 1.29 is 27.8 Å². The van der Waals surface area contributed by atoms with Crippen LogP contribution in [0.5, 0.6) is 0 Å². The third-order valence-electron chi connectivity index (χ3n) is 2.13. The predicted octanol–water partition coefficient (Wildman–Crippen LogP) is 1.73. The van der Waals surface area contributed by atoms with E-state index in [1.807, 2.05) is 0 Å². The lowest BCUT2D eigenvalue weighted by atomic mass is 10.1. The average molecular weight is 238 g/mol. The van der Waals surface area contributed by atoms with Gasteiger partial charge in [-0.05, 0) is 20.8 Å². The molecule has 0 saturated carbocycles. The van der Waals surface area contributed by atoms with Gasteiger partial charge in [0.25, 0.3) is 0 Å². The summed E-state index contributed by atoms with van der Waals surface area (Å²) >= 11 is 0. The second kappa shape index (κ2) is 4.63. The smallest absolute Gasteiger partial charge is 0.377 e. The van der Waals surface area contributed by atoms with Gasteiger partial charge in [-0.15, -0.1) is 0 Å². The molecule has 16 heavy (non-hydrogen) atoms. The van der Waals surface area contributed by atoms with E-state index in [0.717, 1.165) is 0 Å². The van der Waals surface area contributed by atoms with Crippen molar-refractivity contribution in [1.82, 2.24) is 0 Å². The first-order chi connectivity index (χ1) is 7.27. The minimum Gasteiger partial charge on any atom is -0.462 e. The van der Waals surface area contributed by atoms with Crippen molar-refractivity contribution >= 4 is 5.97 Å². The highest BCUT2D eigenvalue weighted by molar-refractivity contribution is 5.77. The van der Waals surface area contributed by atoms with Crippen LogP contribution in [0.1, 0.15) is 27.2 Å². The highest BCUT2D eigenvalue weighted by atomic mass is 19.3.